The van der Waals surface area contributed by atoms with Gasteiger partial charge in [0.2, 0.25) is 21.7 Å². The summed E-state index contributed by atoms with van der Waals surface area (Å²) in [6.45, 7) is 4.83. The Kier molecular flexibility index (Phi) is 4.53. The highest BCUT2D eigenvalue weighted by Gasteiger charge is 2.40. The summed E-state index contributed by atoms with van der Waals surface area (Å²) in [5.74, 6) is 1.22. The second-order valence-corrected chi connectivity index (χ2v) is 8.87. The van der Waals surface area contributed by atoms with E-state index in [2.05, 4.69) is 29.0 Å². The van der Waals surface area contributed by atoms with Crippen molar-refractivity contribution in [2.45, 2.75) is 30.6 Å². The van der Waals surface area contributed by atoms with Crippen molar-refractivity contribution in [3.8, 4) is 11.4 Å². The fraction of sp³-hybridized carbons (Fsp3) is 0.316. The van der Waals surface area contributed by atoms with Crippen LogP contribution in [0.3, 0.4) is 0 Å². The summed E-state index contributed by atoms with van der Waals surface area (Å²) in [5, 5.41) is 3.98. The quantitative estimate of drug-likeness (QED) is 0.672. The lowest BCUT2D eigenvalue weighted by Gasteiger charge is -2.35. The van der Waals surface area contributed by atoms with Gasteiger partial charge in [-0.15, -0.1) is 0 Å². The summed E-state index contributed by atoms with van der Waals surface area (Å²) in [4.78, 5) is 8.67. The van der Waals surface area contributed by atoms with Crippen LogP contribution in [0.5, 0.6) is 0 Å². The molecule has 0 N–H and O–H groups in total. The monoisotopic (exact) mass is 384 g/mol. The second kappa shape index (κ2) is 6.86. The van der Waals surface area contributed by atoms with Gasteiger partial charge in [0.15, 0.2) is 0 Å². The highest BCUT2D eigenvalue weighted by atomic mass is 32.2. The third-order valence-electron chi connectivity index (χ3n) is 4.76. The van der Waals surface area contributed by atoms with Gasteiger partial charge >= 0.3 is 0 Å². The Labute approximate surface area is 158 Å². The second-order valence-electron chi connectivity index (χ2n) is 6.93. The van der Waals surface area contributed by atoms with Gasteiger partial charge in [0.05, 0.1) is 10.8 Å². The van der Waals surface area contributed by atoms with Gasteiger partial charge in [-0.25, -0.2) is 8.42 Å². The van der Waals surface area contributed by atoms with Crippen LogP contribution in [-0.2, 0) is 10.0 Å². The van der Waals surface area contributed by atoms with Crippen molar-refractivity contribution < 1.29 is 12.9 Å². The molecule has 8 heteroatoms. The predicted octanol–water partition coefficient (Wildman–Crippen LogP) is 3.04. The average Bonchev–Trinajstić information content (AvgIpc) is 3.10. The lowest BCUT2D eigenvalue weighted by Crippen LogP contribution is -2.48. The minimum Gasteiger partial charge on any atom is -0.339 e. The van der Waals surface area contributed by atoms with Crippen LogP contribution >= 0.6 is 0 Å². The summed E-state index contributed by atoms with van der Waals surface area (Å²) in [6, 6.07) is 10.7. The molecule has 27 heavy (non-hydrogen) atoms. The molecule has 1 fully saturated rings. The van der Waals surface area contributed by atoms with Crippen LogP contribution in [0, 0.1) is 0 Å². The van der Waals surface area contributed by atoms with E-state index in [1.807, 2.05) is 12.1 Å². The number of sulfonamides is 1. The normalized spacial score (nSPS) is 15.8. The van der Waals surface area contributed by atoms with Crippen molar-refractivity contribution in [3.05, 3.63) is 60.2 Å². The molecule has 4 rings (SSSR count). The van der Waals surface area contributed by atoms with Crippen LogP contribution < -0.4 is 0 Å². The van der Waals surface area contributed by atoms with Crippen molar-refractivity contribution >= 4 is 10.0 Å². The van der Waals surface area contributed by atoms with Crippen LogP contribution in [-0.4, -0.2) is 40.9 Å². The SMILES string of the molecule is CC(C)c1ccc(S(=O)(=O)N2CC(c3nc(-c4ccncc4)no3)C2)cc1. The minimum atomic E-state index is -3.50. The Hall–Kier alpha value is -2.58. The maximum atomic E-state index is 12.8. The van der Waals surface area contributed by atoms with Gasteiger partial charge < -0.3 is 4.52 Å². The smallest absolute Gasteiger partial charge is 0.243 e. The molecular weight excluding hydrogens is 364 g/mol. The van der Waals surface area contributed by atoms with E-state index in [1.54, 1.807) is 36.7 Å². The first kappa shape index (κ1) is 17.8. The number of hydrogen-bond acceptors (Lipinski definition) is 6. The molecule has 3 heterocycles. The molecule has 0 aliphatic carbocycles. The van der Waals surface area contributed by atoms with E-state index in [0.29, 0.717) is 35.6 Å². The molecule has 0 amide bonds. The summed E-state index contributed by atoms with van der Waals surface area (Å²) < 4.78 is 32.3. The topological polar surface area (TPSA) is 89.2 Å². The highest BCUT2D eigenvalue weighted by molar-refractivity contribution is 7.89. The zero-order valence-electron chi connectivity index (χ0n) is 15.1. The van der Waals surface area contributed by atoms with Crippen molar-refractivity contribution in [3.63, 3.8) is 0 Å². The van der Waals surface area contributed by atoms with E-state index in [1.165, 1.54) is 4.31 Å². The van der Waals surface area contributed by atoms with Crippen LogP contribution in [0.1, 0.15) is 37.1 Å². The lowest BCUT2D eigenvalue weighted by molar-refractivity contribution is 0.217. The van der Waals surface area contributed by atoms with Gasteiger partial charge in [0.25, 0.3) is 0 Å². The minimum absolute atomic E-state index is 0.0854. The summed E-state index contributed by atoms with van der Waals surface area (Å²) >= 11 is 0. The van der Waals surface area contributed by atoms with E-state index in [4.69, 9.17) is 4.52 Å². The number of pyridine rings is 1. The third-order valence-corrected chi connectivity index (χ3v) is 6.61. The van der Waals surface area contributed by atoms with E-state index < -0.39 is 10.0 Å². The number of rotatable bonds is 5. The number of nitrogens with zero attached hydrogens (tertiary/aromatic N) is 4. The molecule has 7 nitrogen and oxygen atoms in total. The first-order valence-corrected chi connectivity index (χ1v) is 10.2. The lowest BCUT2D eigenvalue weighted by atomic mass is 10.0. The van der Waals surface area contributed by atoms with Crippen molar-refractivity contribution in [2.75, 3.05) is 13.1 Å². The summed E-state index contributed by atoms with van der Waals surface area (Å²) in [5.41, 5.74) is 1.93. The van der Waals surface area contributed by atoms with Crippen LogP contribution in [0.15, 0.2) is 58.2 Å². The standard InChI is InChI=1S/C19H20N4O3S/c1-13(2)14-3-5-17(6-4-14)27(24,25)23-11-16(12-23)19-21-18(22-26-19)15-7-9-20-10-8-15/h3-10,13,16H,11-12H2,1-2H3. The number of hydrogen-bond donors (Lipinski definition) is 0. The molecule has 1 aliphatic rings. The Bertz CT molecular complexity index is 1020. The molecule has 1 aromatic carbocycles. The van der Waals surface area contributed by atoms with Gasteiger partial charge in [-0.05, 0) is 35.7 Å². The van der Waals surface area contributed by atoms with Crippen molar-refractivity contribution in [1.29, 1.82) is 0 Å². The first-order valence-electron chi connectivity index (χ1n) is 8.79. The molecular formula is C19H20N4O3S. The van der Waals surface area contributed by atoms with E-state index in [9.17, 15) is 8.42 Å². The highest BCUT2D eigenvalue weighted by Crippen LogP contribution is 2.32. The van der Waals surface area contributed by atoms with Crippen LogP contribution in [0.2, 0.25) is 0 Å². The Morgan fingerprint density at radius 2 is 1.74 bits per heavy atom. The summed E-state index contributed by atoms with van der Waals surface area (Å²) in [7, 11) is -3.50. The molecule has 1 saturated heterocycles. The van der Waals surface area contributed by atoms with Gasteiger partial charge in [0, 0.05) is 31.0 Å². The van der Waals surface area contributed by atoms with E-state index in [0.717, 1.165) is 11.1 Å². The first-order chi connectivity index (χ1) is 12.9. The van der Waals surface area contributed by atoms with Gasteiger partial charge in [0.1, 0.15) is 0 Å². The van der Waals surface area contributed by atoms with Gasteiger partial charge in [-0.3, -0.25) is 4.98 Å². The van der Waals surface area contributed by atoms with Crippen molar-refractivity contribution in [2.24, 2.45) is 0 Å². The Morgan fingerprint density at radius 1 is 1.07 bits per heavy atom. The number of aromatic nitrogens is 3. The molecule has 2 aromatic heterocycles. The van der Waals surface area contributed by atoms with Gasteiger partial charge in [-0.1, -0.05) is 31.1 Å². The predicted molar refractivity (Wildman–Crippen MR) is 99.6 cm³/mol. The molecule has 0 radical (unpaired) electrons. The fourth-order valence-corrected chi connectivity index (χ4v) is 4.51. The zero-order chi connectivity index (χ0) is 19.0. The van der Waals surface area contributed by atoms with Crippen LogP contribution in [0.25, 0.3) is 11.4 Å². The maximum absolute atomic E-state index is 12.8. The Balaban J connectivity index is 1.45. The molecule has 0 atom stereocenters. The van der Waals surface area contributed by atoms with E-state index >= 15 is 0 Å². The van der Waals surface area contributed by atoms with Gasteiger partial charge in [-0.2, -0.15) is 9.29 Å². The molecule has 140 valence electrons. The summed E-state index contributed by atoms with van der Waals surface area (Å²) in [6.07, 6.45) is 3.32. The van der Waals surface area contributed by atoms with E-state index in [-0.39, 0.29) is 5.92 Å². The third kappa shape index (κ3) is 3.38. The maximum Gasteiger partial charge on any atom is 0.243 e. The largest absolute Gasteiger partial charge is 0.339 e. The molecule has 0 bridgehead atoms. The Morgan fingerprint density at radius 3 is 2.37 bits per heavy atom. The van der Waals surface area contributed by atoms with Crippen molar-refractivity contribution in [1.82, 2.24) is 19.4 Å². The molecule has 3 aromatic rings. The fourth-order valence-electron chi connectivity index (χ4n) is 2.98. The number of benzene rings is 1. The molecule has 1 aliphatic heterocycles. The molecule has 0 unspecified atom stereocenters. The molecule has 0 saturated carbocycles. The van der Waals surface area contributed by atoms with Crippen LogP contribution in [0.4, 0.5) is 0 Å². The zero-order valence-corrected chi connectivity index (χ0v) is 15.9. The molecule has 0 spiro atoms. The average molecular weight is 384 g/mol.